The average Bonchev–Trinajstić information content (AvgIpc) is 2.50. The fourth-order valence-corrected chi connectivity index (χ4v) is 1.49. The average molecular weight is 438 g/mol. The van der Waals surface area contributed by atoms with Crippen molar-refractivity contribution in [2.24, 2.45) is 0 Å². The molecule has 155 valence electrons. The van der Waals surface area contributed by atoms with Gasteiger partial charge in [-0.1, -0.05) is 0 Å². The molecule has 0 aromatic carbocycles. The molecule has 0 aliphatic heterocycles. The third kappa shape index (κ3) is 16.1. The molecule has 0 aliphatic carbocycles. The van der Waals surface area contributed by atoms with Crippen LogP contribution in [0.3, 0.4) is 0 Å². The van der Waals surface area contributed by atoms with Gasteiger partial charge in [0, 0.05) is 78.5 Å². The maximum atomic E-state index is 9.12. The molecular formula is C14H22CuN4O8+2. The van der Waals surface area contributed by atoms with E-state index in [1.54, 1.807) is 0 Å². The zero-order valence-electron chi connectivity index (χ0n) is 15.0. The summed E-state index contributed by atoms with van der Waals surface area (Å²) in [7, 11) is 0. The normalized spacial score (nSPS) is 8.15. The molecule has 0 spiro atoms. The second-order valence-corrected chi connectivity index (χ2v) is 4.72. The van der Waals surface area contributed by atoms with Crippen LogP contribution in [0.2, 0.25) is 0 Å². The maximum Gasteiger partial charge on any atom is 0.291 e. The van der Waals surface area contributed by atoms with Gasteiger partial charge < -0.3 is 10.4 Å². The van der Waals surface area contributed by atoms with Gasteiger partial charge in [0.1, 0.15) is 0 Å². The van der Waals surface area contributed by atoms with E-state index in [1.807, 2.05) is 64.1 Å². The van der Waals surface area contributed by atoms with Crippen molar-refractivity contribution in [2.45, 2.75) is 27.7 Å². The second-order valence-electron chi connectivity index (χ2n) is 4.72. The van der Waals surface area contributed by atoms with Crippen LogP contribution >= 0.6 is 0 Å². The molecule has 0 fully saturated rings. The monoisotopic (exact) mass is 437 g/mol. The van der Waals surface area contributed by atoms with Crippen LogP contribution in [0.15, 0.2) is 36.4 Å². The Bertz CT molecular complexity index is 620. The summed E-state index contributed by atoms with van der Waals surface area (Å²) in [5.41, 5.74) is 3.43. The molecule has 0 saturated carbocycles. The summed E-state index contributed by atoms with van der Waals surface area (Å²) in [6, 6.07) is 11.2. The molecule has 4 N–H and O–H groups in total. The van der Waals surface area contributed by atoms with Crippen LogP contribution < -0.4 is 9.46 Å². The second kappa shape index (κ2) is 15.1. The third-order valence-electron chi connectivity index (χ3n) is 2.69. The van der Waals surface area contributed by atoms with E-state index >= 15 is 0 Å². The van der Waals surface area contributed by atoms with Gasteiger partial charge in [0.25, 0.3) is 10.2 Å². The van der Waals surface area contributed by atoms with Crippen LogP contribution in [0.5, 0.6) is 0 Å². The van der Waals surface area contributed by atoms with Crippen LogP contribution in [-0.2, 0) is 17.1 Å². The standard InChI is InChI=1S/2C7H10NO.Cu.2HNO3/c2*1-6-4-3-5-7(2)8(6)9;;2*2-1(3)4/h2*3-5,9H,1-2H3;;2*(H,2,3,4)/q2*+1;;;. The number of pyridine rings is 2. The van der Waals surface area contributed by atoms with Gasteiger partial charge in [0.2, 0.25) is 22.8 Å². The Morgan fingerprint density at radius 1 is 0.704 bits per heavy atom. The topological polar surface area (TPSA) is 175 Å². The van der Waals surface area contributed by atoms with Gasteiger partial charge in [-0.05, 0) is 12.1 Å². The largest absolute Gasteiger partial charge is 0.328 e. The molecule has 0 aliphatic rings. The fourth-order valence-electron chi connectivity index (χ4n) is 1.49. The van der Waals surface area contributed by atoms with Crippen molar-refractivity contribution in [1.82, 2.24) is 0 Å². The molecule has 2 rings (SSSR count). The molecule has 27 heavy (non-hydrogen) atoms. The number of aryl methyl sites for hydroxylation is 4. The van der Waals surface area contributed by atoms with Crippen molar-refractivity contribution < 1.29 is 57.5 Å². The number of rotatable bonds is 0. The molecule has 0 bridgehead atoms. The predicted octanol–water partition coefficient (Wildman–Crippen LogP) is 0.959. The van der Waals surface area contributed by atoms with Crippen molar-refractivity contribution in [3.63, 3.8) is 0 Å². The number of hydrogen-bond donors (Lipinski definition) is 4. The first kappa shape index (κ1) is 28.6. The van der Waals surface area contributed by atoms with Crippen LogP contribution in [0.1, 0.15) is 22.8 Å². The van der Waals surface area contributed by atoms with Gasteiger partial charge in [-0.2, -0.15) is 0 Å². The Labute approximate surface area is 165 Å². The first-order valence-corrected chi connectivity index (χ1v) is 6.91. The van der Waals surface area contributed by atoms with Gasteiger partial charge in [-0.3, -0.25) is 10.4 Å². The number of aromatic nitrogens is 2. The first-order chi connectivity index (χ1) is 11.9. The van der Waals surface area contributed by atoms with Crippen molar-refractivity contribution in [1.29, 1.82) is 0 Å². The SMILES string of the molecule is Cc1cccc(C)[n+]1O.Cc1cccc(C)[n+]1O.O=[N+]([O-])O.O=[N+]([O-])O.[Cu]. The zero-order chi connectivity index (χ0) is 20.9. The predicted molar refractivity (Wildman–Crippen MR) is 84.2 cm³/mol. The van der Waals surface area contributed by atoms with Crippen LogP contribution in [-0.4, -0.2) is 31.0 Å². The smallest absolute Gasteiger partial charge is 0.291 e. The molecule has 2 aromatic rings. The fraction of sp³-hybridized carbons (Fsp3) is 0.286. The van der Waals surface area contributed by atoms with Crippen molar-refractivity contribution >= 4 is 0 Å². The van der Waals surface area contributed by atoms with Gasteiger partial charge in [0.15, 0.2) is 0 Å². The Hall–Kier alpha value is -3.18. The van der Waals surface area contributed by atoms with E-state index in [0.29, 0.717) is 0 Å². The van der Waals surface area contributed by atoms with E-state index in [-0.39, 0.29) is 17.1 Å². The zero-order valence-corrected chi connectivity index (χ0v) is 15.9. The third-order valence-corrected chi connectivity index (χ3v) is 2.69. The minimum atomic E-state index is -1.50. The van der Waals surface area contributed by atoms with E-state index in [4.69, 9.17) is 41.1 Å². The molecular weight excluding hydrogens is 416 g/mol. The summed E-state index contributed by atoms with van der Waals surface area (Å²) in [4.78, 5) is 16.7. The van der Waals surface area contributed by atoms with E-state index in [0.717, 1.165) is 22.8 Å². The van der Waals surface area contributed by atoms with Gasteiger partial charge in [-0.25, -0.2) is 0 Å². The Morgan fingerprint density at radius 3 is 0.963 bits per heavy atom. The molecule has 0 atom stereocenters. The first-order valence-electron chi connectivity index (χ1n) is 6.91. The number of hydrogen-bond acceptors (Lipinski definition) is 6. The van der Waals surface area contributed by atoms with E-state index in [1.165, 1.54) is 9.46 Å². The van der Waals surface area contributed by atoms with Gasteiger partial charge >= 0.3 is 0 Å². The summed E-state index contributed by atoms with van der Waals surface area (Å²) in [5.74, 6) is 0. The summed E-state index contributed by atoms with van der Waals surface area (Å²) >= 11 is 0. The van der Waals surface area contributed by atoms with E-state index < -0.39 is 10.2 Å². The molecule has 2 aromatic heterocycles. The minimum Gasteiger partial charge on any atom is -0.328 e. The van der Waals surface area contributed by atoms with Gasteiger partial charge in [-0.15, -0.1) is 20.2 Å². The number of nitrogens with zero attached hydrogens (tertiary/aromatic N) is 4. The summed E-state index contributed by atoms with van der Waals surface area (Å²) in [6.45, 7) is 7.42. The van der Waals surface area contributed by atoms with Crippen LogP contribution in [0.25, 0.3) is 0 Å². The maximum absolute atomic E-state index is 9.12. The Kier molecular flexibility index (Phi) is 16.0. The summed E-state index contributed by atoms with van der Waals surface area (Å²) < 4.78 is 2.33. The van der Waals surface area contributed by atoms with Crippen LogP contribution in [0, 0.1) is 47.9 Å². The summed E-state index contributed by atoms with van der Waals surface area (Å²) in [6.07, 6.45) is 0. The van der Waals surface area contributed by atoms with Crippen molar-refractivity contribution in [2.75, 3.05) is 0 Å². The molecule has 13 heteroatoms. The molecule has 0 unspecified atom stereocenters. The molecule has 0 amide bonds. The molecule has 12 nitrogen and oxygen atoms in total. The Balaban J connectivity index is -0.000000303. The Morgan fingerprint density at radius 2 is 0.852 bits per heavy atom. The quantitative estimate of drug-likeness (QED) is 0.155. The van der Waals surface area contributed by atoms with Crippen molar-refractivity contribution in [3.8, 4) is 0 Å². The van der Waals surface area contributed by atoms with Crippen molar-refractivity contribution in [3.05, 3.63) is 79.4 Å². The van der Waals surface area contributed by atoms with Gasteiger partial charge in [0.05, 0.1) is 0 Å². The van der Waals surface area contributed by atoms with Crippen LogP contribution in [0.4, 0.5) is 0 Å². The minimum absolute atomic E-state index is 0. The van der Waals surface area contributed by atoms with E-state index in [9.17, 15) is 0 Å². The van der Waals surface area contributed by atoms with E-state index in [2.05, 4.69) is 0 Å². The summed E-state index contributed by atoms with van der Waals surface area (Å²) in [5, 5.41) is 45.5. The molecule has 2 heterocycles. The molecule has 0 saturated heterocycles. The molecule has 1 radical (unpaired) electrons.